The maximum absolute atomic E-state index is 12.9. The van der Waals surface area contributed by atoms with Gasteiger partial charge < -0.3 is 10.0 Å². The molecular formula is C18H16F6N2O2. The van der Waals surface area contributed by atoms with Crippen LogP contribution in [0.1, 0.15) is 11.6 Å². The zero-order chi connectivity index (χ0) is 20.5. The van der Waals surface area contributed by atoms with Gasteiger partial charge >= 0.3 is 12.5 Å². The lowest BCUT2D eigenvalue weighted by atomic mass is 10.00. The van der Waals surface area contributed by atoms with Gasteiger partial charge in [0, 0.05) is 0 Å². The molecule has 0 aliphatic carbocycles. The van der Waals surface area contributed by atoms with E-state index in [2.05, 4.69) is 4.84 Å². The van der Waals surface area contributed by atoms with E-state index in [0.717, 1.165) is 0 Å². The van der Waals surface area contributed by atoms with Gasteiger partial charge in [0.05, 0.1) is 30.5 Å². The molecule has 0 bridgehead atoms. The summed E-state index contributed by atoms with van der Waals surface area (Å²) < 4.78 is 77.4. The summed E-state index contributed by atoms with van der Waals surface area (Å²) in [5.74, 6) is 0. The lowest BCUT2D eigenvalue weighted by Gasteiger charge is -2.44. The van der Waals surface area contributed by atoms with Crippen molar-refractivity contribution in [3.63, 3.8) is 0 Å². The van der Waals surface area contributed by atoms with Gasteiger partial charge in [0.25, 0.3) is 0 Å². The fourth-order valence-electron chi connectivity index (χ4n) is 3.13. The molecule has 0 saturated carbocycles. The van der Waals surface area contributed by atoms with Gasteiger partial charge in [0.2, 0.25) is 0 Å². The van der Waals surface area contributed by atoms with Crippen molar-refractivity contribution >= 4 is 11.4 Å². The van der Waals surface area contributed by atoms with Crippen LogP contribution in [0.5, 0.6) is 0 Å². The number of alkyl halides is 6. The molecule has 1 aliphatic heterocycles. The van der Waals surface area contributed by atoms with Crippen LogP contribution in [0.15, 0.2) is 54.6 Å². The van der Waals surface area contributed by atoms with Crippen molar-refractivity contribution in [3.05, 3.63) is 60.2 Å². The molecule has 1 aliphatic rings. The number of aliphatic hydroxyl groups excluding tert-OH is 1. The number of benzene rings is 2. The third-order valence-electron chi connectivity index (χ3n) is 4.32. The first kappa shape index (κ1) is 20.3. The molecule has 28 heavy (non-hydrogen) atoms. The van der Waals surface area contributed by atoms with Crippen LogP contribution >= 0.6 is 0 Å². The van der Waals surface area contributed by atoms with Crippen molar-refractivity contribution in [2.45, 2.75) is 24.7 Å². The van der Waals surface area contributed by atoms with Gasteiger partial charge in [-0.15, -0.1) is 13.2 Å². The van der Waals surface area contributed by atoms with Crippen LogP contribution < -0.4 is 9.96 Å². The minimum absolute atomic E-state index is 0.0404. The fourth-order valence-corrected chi connectivity index (χ4v) is 3.13. The summed E-state index contributed by atoms with van der Waals surface area (Å²) >= 11 is 0. The molecule has 1 N–H and O–H groups in total. The molecule has 2 aromatic rings. The van der Waals surface area contributed by atoms with E-state index in [-0.39, 0.29) is 17.9 Å². The SMILES string of the molecule is O[C@H](CN1c2ccccc2N(OC(F)(F)F)C[C@@H]1c1ccccc1)C(F)(F)F. The number of β-amino-alcohol motifs (C(OH)–C–C–N with tert-alkyl or cyclic N) is 1. The molecule has 2 atom stereocenters. The van der Waals surface area contributed by atoms with Crippen LogP contribution in [0.2, 0.25) is 0 Å². The van der Waals surface area contributed by atoms with E-state index in [1.807, 2.05) is 0 Å². The van der Waals surface area contributed by atoms with Gasteiger partial charge in [-0.25, -0.2) is 5.06 Å². The van der Waals surface area contributed by atoms with Crippen LogP contribution in [0.4, 0.5) is 37.7 Å². The number of fused-ring (bicyclic) bond motifs is 1. The highest BCUT2D eigenvalue weighted by atomic mass is 19.4. The van der Waals surface area contributed by atoms with E-state index in [1.165, 1.54) is 29.2 Å². The Labute approximate surface area is 156 Å². The number of rotatable bonds is 4. The van der Waals surface area contributed by atoms with Crippen molar-refractivity contribution in [2.75, 3.05) is 23.1 Å². The third-order valence-corrected chi connectivity index (χ3v) is 4.32. The summed E-state index contributed by atoms with van der Waals surface area (Å²) in [7, 11) is 0. The summed E-state index contributed by atoms with van der Waals surface area (Å²) in [4.78, 5) is 5.35. The number of hydrogen-bond donors (Lipinski definition) is 1. The van der Waals surface area contributed by atoms with E-state index in [4.69, 9.17) is 0 Å². The Balaban J connectivity index is 2.05. The van der Waals surface area contributed by atoms with Crippen molar-refractivity contribution in [2.24, 2.45) is 0 Å². The molecule has 0 spiro atoms. The number of aliphatic hydroxyl groups is 1. The van der Waals surface area contributed by atoms with E-state index in [1.54, 1.807) is 30.3 Å². The maximum Gasteiger partial charge on any atom is 0.544 e. The fraction of sp³-hybridized carbons (Fsp3) is 0.333. The van der Waals surface area contributed by atoms with Gasteiger partial charge in [-0.3, -0.25) is 0 Å². The van der Waals surface area contributed by atoms with E-state index < -0.39 is 31.2 Å². The van der Waals surface area contributed by atoms with Crippen LogP contribution in [0.3, 0.4) is 0 Å². The molecule has 0 unspecified atom stereocenters. The molecule has 4 nitrogen and oxygen atoms in total. The second kappa shape index (κ2) is 7.51. The number of anilines is 2. The van der Waals surface area contributed by atoms with Gasteiger partial charge in [0.15, 0.2) is 6.10 Å². The second-order valence-electron chi connectivity index (χ2n) is 6.22. The molecule has 0 aromatic heterocycles. The molecular weight excluding hydrogens is 390 g/mol. The molecule has 0 fully saturated rings. The van der Waals surface area contributed by atoms with E-state index >= 15 is 0 Å². The molecule has 0 radical (unpaired) electrons. The molecule has 0 saturated heterocycles. The summed E-state index contributed by atoms with van der Waals surface area (Å²) in [6, 6.07) is 12.9. The van der Waals surface area contributed by atoms with Gasteiger partial charge in [-0.05, 0) is 17.7 Å². The summed E-state index contributed by atoms with van der Waals surface area (Å²) in [5.41, 5.74) is 0.540. The quantitative estimate of drug-likeness (QED) is 0.763. The zero-order valence-corrected chi connectivity index (χ0v) is 14.3. The van der Waals surface area contributed by atoms with Crippen molar-refractivity contribution < 1.29 is 36.3 Å². The topological polar surface area (TPSA) is 35.9 Å². The Morgan fingerprint density at radius 1 is 0.929 bits per heavy atom. The molecule has 1 heterocycles. The number of hydroxylamine groups is 1. The Morgan fingerprint density at radius 2 is 1.50 bits per heavy atom. The standard InChI is InChI=1S/C18H16F6N2O2/c19-17(20,21)16(27)11-25-13-8-4-5-9-14(13)26(28-18(22,23)24)10-15(25)12-6-2-1-3-7-12/h1-9,15-16,27H,10-11H2/t15-,16-/m1/s1. The molecule has 2 aromatic carbocycles. The average Bonchev–Trinajstić information content (AvgIpc) is 2.62. The lowest BCUT2D eigenvalue weighted by molar-refractivity contribution is -0.330. The van der Waals surface area contributed by atoms with E-state index in [9.17, 15) is 31.4 Å². The summed E-state index contributed by atoms with van der Waals surface area (Å²) in [6.07, 6.45) is -12.5. The van der Waals surface area contributed by atoms with Crippen molar-refractivity contribution in [1.82, 2.24) is 0 Å². The van der Waals surface area contributed by atoms with Crippen molar-refractivity contribution in [1.29, 1.82) is 0 Å². The predicted molar refractivity (Wildman–Crippen MR) is 89.5 cm³/mol. The largest absolute Gasteiger partial charge is 0.544 e. The number of nitrogens with zero attached hydrogens (tertiary/aromatic N) is 2. The minimum Gasteiger partial charge on any atom is -0.382 e. The first-order valence-corrected chi connectivity index (χ1v) is 8.25. The van der Waals surface area contributed by atoms with Crippen molar-refractivity contribution in [3.8, 4) is 0 Å². The minimum atomic E-state index is -4.97. The number of hydrogen-bond acceptors (Lipinski definition) is 4. The van der Waals surface area contributed by atoms with Crippen LogP contribution in [0, 0.1) is 0 Å². The monoisotopic (exact) mass is 406 g/mol. The molecule has 3 rings (SSSR count). The molecule has 152 valence electrons. The van der Waals surface area contributed by atoms with Crippen LogP contribution in [-0.2, 0) is 4.84 Å². The smallest absolute Gasteiger partial charge is 0.382 e. The molecule has 10 heteroatoms. The predicted octanol–water partition coefficient (Wildman–Crippen LogP) is 4.43. The molecule has 0 amide bonds. The highest BCUT2D eigenvalue weighted by Gasteiger charge is 2.44. The Morgan fingerprint density at radius 3 is 2.07 bits per heavy atom. The Hall–Kier alpha value is -2.46. The first-order valence-electron chi connectivity index (χ1n) is 8.25. The Kier molecular flexibility index (Phi) is 5.44. The normalized spacial score (nSPS) is 18.8. The number of halogens is 6. The third kappa shape index (κ3) is 4.50. The van der Waals surface area contributed by atoms with Gasteiger partial charge in [0.1, 0.15) is 0 Å². The lowest BCUT2D eigenvalue weighted by Crippen LogP contribution is -2.50. The maximum atomic E-state index is 12.9. The van der Waals surface area contributed by atoms with Gasteiger partial charge in [-0.1, -0.05) is 42.5 Å². The summed E-state index contributed by atoms with van der Waals surface area (Å²) in [6.45, 7) is -1.22. The first-order chi connectivity index (χ1) is 13.1. The zero-order valence-electron chi connectivity index (χ0n) is 14.3. The number of para-hydroxylation sites is 2. The average molecular weight is 406 g/mol. The Bertz CT molecular complexity index is 797. The van der Waals surface area contributed by atoms with E-state index in [0.29, 0.717) is 10.6 Å². The highest BCUT2D eigenvalue weighted by Crippen LogP contribution is 2.43. The van der Waals surface area contributed by atoms with Crippen LogP contribution in [0.25, 0.3) is 0 Å². The van der Waals surface area contributed by atoms with Gasteiger partial charge in [-0.2, -0.15) is 18.0 Å². The second-order valence-corrected chi connectivity index (χ2v) is 6.22. The highest BCUT2D eigenvalue weighted by molar-refractivity contribution is 5.73. The summed E-state index contributed by atoms with van der Waals surface area (Å²) in [5, 5.41) is 10.2. The van der Waals surface area contributed by atoms with Crippen LogP contribution in [-0.4, -0.2) is 36.8 Å².